The van der Waals surface area contributed by atoms with Crippen LogP contribution >= 0.6 is 0 Å². The van der Waals surface area contributed by atoms with Gasteiger partial charge in [0.05, 0.1) is 30.9 Å². The number of hydrogen-bond donors (Lipinski definition) is 1. The second-order valence-electron chi connectivity index (χ2n) is 4.31. The van der Waals surface area contributed by atoms with Crippen molar-refractivity contribution >= 4 is 11.0 Å². The van der Waals surface area contributed by atoms with Gasteiger partial charge in [-0.25, -0.2) is 9.97 Å². The first-order valence-corrected chi connectivity index (χ1v) is 6.27. The number of pyridine rings is 1. The molecule has 106 valence electrons. The lowest BCUT2D eigenvalue weighted by Gasteiger charge is -2.10. The van der Waals surface area contributed by atoms with Gasteiger partial charge in [-0.15, -0.1) is 0 Å². The smallest absolute Gasteiger partial charge is 0.240 e. The van der Waals surface area contributed by atoms with E-state index >= 15 is 0 Å². The van der Waals surface area contributed by atoms with Gasteiger partial charge in [0.2, 0.25) is 5.88 Å². The zero-order valence-electron chi connectivity index (χ0n) is 11.6. The van der Waals surface area contributed by atoms with Gasteiger partial charge in [-0.05, 0) is 12.1 Å². The Kier molecular flexibility index (Phi) is 3.27. The Bertz CT molecular complexity index is 791. The summed E-state index contributed by atoms with van der Waals surface area (Å²) in [7, 11) is 3.09. The van der Waals surface area contributed by atoms with Crippen LogP contribution in [0.1, 0.15) is 0 Å². The molecular weight excluding hydrogens is 270 g/mol. The first-order valence-electron chi connectivity index (χ1n) is 6.27. The highest BCUT2D eigenvalue weighted by Crippen LogP contribution is 2.33. The molecule has 0 saturated carbocycles. The van der Waals surface area contributed by atoms with E-state index in [0.717, 1.165) is 0 Å². The number of benzene rings is 1. The molecule has 6 heteroatoms. The Morgan fingerprint density at radius 2 is 1.62 bits per heavy atom. The Morgan fingerprint density at radius 1 is 0.952 bits per heavy atom. The maximum absolute atomic E-state index is 10.1. The van der Waals surface area contributed by atoms with Crippen molar-refractivity contribution in [2.45, 2.75) is 0 Å². The minimum atomic E-state index is -0.173. The van der Waals surface area contributed by atoms with Crippen LogP contribution in [0.15, 0.2) is 36.5 Å². The highest BCUT2D eigenvalue weighted by Gasteiger charge is 2.14. The number of methoxy groups -OCH3 is 2. The van der Waals surface area contributed by atoms with Gasteiger partial charge in [0.25, 0.3) is 0 Å². The van der Waals surface area contributed by atoms with Crippen LogP contribution in [0.3, 0.4) is 0 Å². The number of aromatic nitrogens is 3. The average Bonchev–Trinajstić information content (AvgIpc) is 2.53. The third kappa shape index (κ3) is 2.31. The summed E-state index contributed by atoms with van der Waals surface area (Å²) in [4.78, 5) is 12.7. The summed E-state index contributed by atoms with van der Waals surface area (Å²) in [5.41, 5.74) is 1.99. The van der Waals surface area contributed by atoms with Crippen molar-refractivity contribution in [3.63, 3.8) is 0 Å². The maximum Gasteiger partial charge on any atom is 0.240 e. The monoisotopic (exact) mass is 283 g/mol. The normalized spacial score (nSPS) is 10.6. The van der Waals surface area contributed by atoms with E-state index in [0.29, 0.717) is 33.9 Å². The molecule has 0 saturated heterocycles. The quantitative estimate of drug-likeness (QED) is 0.795. The molecule has 0 aliphatic heterocycles. The van der Waals surface area contributed by atoms with Crippen LogP contribution in [0.4, 0.5) is 0 Å². The fraction of sp³-hybridized carbons (Fsp3) is 0.133. The second kappa shape index (κ2) is 5.24. The molecule has 0 unspecified atom stereocenters. The molecule has 0 spiro atoms. The highest BCUT2D eigenvalue weighted by molar-refractivity contribution is 5.82. The largest absolute Gasteiger partial charge is 0.493 e. The van der Waals surface area contributed by atoms with E-state index in [2.05, 4.69) is 15.0 Å². The molecule has 0 amide bonds. The molecule has 6 nitrogen and oxygen atoms in total. The summed E-state index contributed by atoms with van der Waals surface area (Å²) in [5.74, 6) is 0.912. The van der Waals surface area contributed by atoms with Gasteiger partial charge in [-0.1, -0.05) is 6.07 Å². The van der Waals surface area contributed by atoms with Crippen molar-refractivity contribution in [3.8, 4) is 28.8 Å². The van der Waals surface area contributed by atoms with Gasteiger partial charge in [-0.3, -0.25) is 4.98 Å². The summed E-state index contributed by atoms with van der Waals surface area (Å²) in [5, 5.41) is 10.1. The minimum absolute atomic E-state index is 0.173. The Labute approximate surface area is 121 Å². The molecule has 1 N–H and O–H groups in total. The highest BCUT2D eigenvalue weighted by atomic mass is 16.5. The molecule has 21 heavy (non-hydrogen) atoms. The molecule has 0 aliphatic rings. The summed E-state index contributed by atoms with van der Waals surface area (Å²) < 4.78 is 10.5. The zero-order chi connectivity index (χ0) is 14.8. The van der Waals surface area contributed by atoms with Gasteiger partial charge < -0.3 is 14.6 Å². The number of hydrogen-bond acceptors (Lipinski definition) is 6. The molecule has 0 fully saturated rings. The Morgan fingerprint density at radius 3 is 2.19 bits per heavy atom. The van der Waals surface area contributed by atoms with Crippen molar-refractivity contribution in [3.05, 3.63) is 36.5 Å². The lowest BCUT2D eigenvalue weighted by atomic mass is 10.2. The summed E-state index contributed by atoms with van der Waals surface area (Å²) in [6, 6.07) is 8.76. The van der Waals surface area contributed by atoms with E-state index in [4.69, 9.17) is 9.47 Å². The van der Waals surface area contributed by atoms with Crippen molar-refractivity contribution < 1.29 is 14.6 Å². The van der Waals surface area contributed by atoms with Crippen molar-refractivity contribution in [1.29, 1.82) is 0 Å². The Hall–Kier alpha value is -2.89. The van der Waals surface area contributed by atoms with E-state index in [1.54, 1.807) is 44.7 Å². The number of aromatic hydroxyl groups is 1. The van der Waals surface area contributed by atoms with Gasteiger partial charge >= 0.3 is 0 Å². The molecule has 0 atom stereocenters. The molecule has 3 aromatic rings. The van der Waals surface area contributed by atoms with Gasteiger partial charge in [0, 0.05) is 18.3 Å². The first-order chi connectivity index (χ1) is 10.2. The number of fused-ring (bicyclic) bond motifs is 1. The van der Waals surface area contributed by atoms with E-state index in [9.17, 15) is 5.11 Å². The topological polar surface area (TPSA) is 77.4 Å². The van der Waals surface area contributed by atoms with Crippen LogP contribution in [0, 0.1) is 0 Å². The molecule has 0 radical (unpaired) electrons. The Balaban J connectivity index is 2.23. The lowest BCUT2D eigenvalue weighted by molar-refractivity contribution is 0.355. The molecule has 3 rings (SSSR count). The van der Waals surface area contributed by atoms with Crippen molar-refractivity contribution in [1.82, 2.24) is 15.0 Å². The molecule has 0 aliphatic carbocycles. The van der Waals surface area contributed by atoms with E-state index < -0.39 is 0 Å². The average molecular weight is 283 g/mol. The van der Waals surface area contributed by atoms with Crippen LogP contribution in [-0.2, 0) is 0 Å². The fourth-order valence-electron chi connectivity index (χ4n) is 2.05. The third-order valence-electron chi connectivity index (χ3n) is 3.06. The molecule has 2 heterocycles. The third-order valence-corrected chi connectivity index (χ3v) is 3.06. The molecular formula is C15H13N3O3. The predicted molar refractivity (Wildman–Crippen MR) is 77.5 cm³/mol. The van der Waals surface area contributed by atoms with Gasteiger partial charge in [0.1, 0.15) is 0 Å². The molecule has 2 aromatic heterocycles. The second-order valence-corrected chi connectivity index (χ2v) is 4.31. The van der Waals surface area contributed by atoms with E-state index in [-0.39, 0.29) is 5.88 Å². The zero-order valence-corrected chi connectivity index (χ0v) is 11.6. The van der Waals surface area contributed by atoms with Crippen LogP contribution in [0.5, 0.6) is 17.4 Å². The number of rotatable bonds is 3. The van der Waals surface area contributed by atoms with E-state index in [1.807, 2.05) is 6.07 Å². The van der Waals surface area contributed by atoms with Crippen LogP contribution in [0.2, 0.25) is 0 Å². The molecule has 1 aromatic carbocycles. The summed E-state index contributed by atoms with van der Waals surface area (Å²) >= 11 is 0. The van der Waals surface area contributed by atoms with Gasteiger partial charge in [-0.2, -0.15) is 0 Å². The predicted octanol–water partition coefficient (Wildman–Crippen LogP) is 2.41. The summed E-state index contributed by atoms with van der Waals surface area (Å²) in [6.07, 6.45) is 1.63. The van der Waals surface area contributed by atoms with Gasteiger partial charge in [0.15, 0.2) is 17.2 Å². The minimum Gasteiger partial charge on any atom is -0.493 e. The van der Waals surface area contributed by atoms with Crippen LogP contribution in [0.25, 0.3) is 22.4 Å². The fourth-order valence-corrected chi connectivity index (χ4v) is 2.05. The first kappa shape index (κ1) is 13.1. The van der Waals surface area contributed by atoms with Crippen LogP contribution < -0.4 is 9.47 Å². The number of nitrogens with zero attached hydrogens (tertiary/aromatic N) is 3. The molecule has 0 bridgehead atoms. The maximum atomic E-state index is 10.1. The lowest BCUT2D eigenvalue weighted by Crippen LogP contribution is -1.95. The standard InChI is InChI=1S/C15H13N3O3/c1-20-12-7-10-11(8-13(12)21-2)18-15(19)14(17-10)9-5-3-4-6-16-9/h3-8H,1-2H3,(H,18,19). The van der Waals surface area contributed by atoms with E-state index in [1.165, 1.54) is 0 Å². The summed E-state index contributed by atoms with van der Waals surface area (Å²) in [6.45, 7) is 0. The number of ether oxygens (including phenoxy) is 2. The van der Waals surface area contributed by atoms with Crippen molar-refractivity contribution in [2.75, 3.05) is 14.2 Å². The SMILES string of the molecule is COc1cc2nc(O)c(-c3ccccn3)nc2cc1OC. The van der Waals surface area contributed by atoms with Crippen LogP contribution in [-0.4, -0.2) is 34.3 Å². The van der Waals surface area contributed by atoms with Crippen molar-refractivity contribution in [2.24, 2.45) is 0 Å².